The summed E-state index contributed by atoms with van der Waals surface area (Å²) in [5.41, 5.74) is 0.223. The molecular weight excluding hydrogens is 608 g/mol. The molecule has 0 aromatic heterocycles. The van der Waals surface area contributed by atoms with Crippen LogP contribution in [0.2, 0.25) is 0 Å². The van der Waals surface area contributed by atoms with Crippen molar-refractivity contribution in [1.82, 2.24) is 20.9 Å². The van der Waals surface area contributed by atoms with Crippen molar-refractivity contribution in [2.75, 3.05) is 18.2 Å². The number of carbonyl (C=O) groups excluding carboxylic acids is 4. The predicted octanol–water partition coefficient (Wildman–Crippen LogP) is 1.99. The molecule has 1 fully saturated rings. The van der Waals surface area contributed by atoms with Gasteiger partial charge in [0, 0.05) is 16.7 Å². The zero-order valence-corrected chi connectivity index (χ0v) is 27.3. The first-order valence-corrected chi connectivity index (χ1v) is 16.3. The third-order valence-electron chi connectivity index (χ3n) is 7.42. The van der Waals surface area contributed by atoms with Gasteiger partial charge in [0.25, 0.3) is 11.8 Å². The number of benzene rings is 3. The lowest BCUT2D eigenvalue weighted by Crippen LogP contribution is -2.60. The number of aliphatic hydroxyl groups excluding tert-OH is 2. The minimum absolute atomic E-state index is 0.0734. The highest BCUT2D eigenvalue weighted by molar-refractivity contribution is 7.99. The van der Waals surface area contributed by atoms with Crippen molar-refractivity contribution in [2.45, 2.75) is 70.0 Å². The van der Waals surface area contributed by atoms with E-state index in [0.717, 1.165) is 16.3 Å². The monoisotopic (exact) mass is 650 g/mol. The molecule has 0 radical (unpaired) electrons. The topological polar surface area (TPSA) is 157 Å². The quantitative estimate of drug-likeness (QED) is 0.199. The van der Waals surface area contributed by atoms with Crippen molar-refractivity contribution in [1.29, 1.82) is 0 Å². The van der Waals surface area contributed by atoms with Crippen LogP contribution in [0, 0.1) is 0 Å². The second kappa shape index (κ2) is 15.4. The van der Waals surface area contributed by atoms with Crippen LogP contribution in [-0.2, 0) is 25.6 Å². The van der Waals surface area contributed by atoms with Crippen LogP contribution in [0.3, 0.4) is 0 Å². The zero-order chi connectivity index (χ0) is 33.4. The minimum Gasteiger partial charge on any atom is -0.483 e. The number of rotatable bonds is 12. The Balaban J connectivity index is 1.47. The van der Waals surface area contributed by atoms with Gasteiger partial charge in [-0.25, -0.2) is 0 Å². The Kier molecular flexibility index (Phi) is 11.7. The summed E-state index contributed by atoms with van der Waals surface area (Å²) in [4.78, 5) is 54.3. The molecule has 0 aliphatic carbocycles. The van der Waals surface area contributed by atoms with Crippen LogP contribution >= 0.6 is 11.8 Å². The number of hydrogen-bond donors (Lipinski definition) is 5. The van der Waals surface area contributed by atoms with Gasteiger partial charge in [0.15, 0.2) is 12.7 Å². The van der Waals surface area contributed by atoms with E-state index in [1.165, 1.54) is 23.6 Å². The van der Waals surface area contributed by atoms with Crippen molar-refractivity contribution < 1.29 is 34.1 Å². The Bertz CT molecular complexity index is 1520. The van der Waals surface area contributed by atoms with Crippen LogP contribution in [0.25, 0.3) is 10.8 Å². The van der Waals surface area contributed by atoms with Gasteiger partial charge in [0.1, 0.15) is 17.8 Å². The lowest BCUT2D eigenvalue weighted by Gasteiger charge is -2.32. The first-order valence-electron chi connectivity index (χ1n) is 15.1. The molecule has 4 amide bonds. The standard InChI is InChI=1S/C34H42N4O7S/c1-21(39)29(36-28(40)18-45-27-16-10-14-23-13-8-9-15-24(23)27)32(43)35-25(17-22-11-6-5-7-12-22)30(41)33(44)38-20-46-19-26(38)31(42)37-34(2,3)4/h5-16,21,25-26,29-30,39,41H,17-20H2,1-4H3,(H,35,43)(H,36,40)(H,37,42)/t21?,25-,26-,29-,30-/m0/s1. The third kappa shape index (κ3) is 9.21. The first kappa shape index (κ1) is 34.7. The first-order chi connectivity index (χ1) is 21.8. The highest BCUT2D eigenvalue weighted by atomic mass is 32.2. The molecule has 3 aromatic rings. The maximum absolute atomic E-state index is 13.6. The van der Waals surface area contributed by atoms with Crippen LogP contribution < -0.4 is 20.7 Å². The highest BCUT2D eigenvalue weighted by Crippen LogP contribution is 2.25. The zero-order valence-electron chi connectivity index (χ0n) is 26.4. The van der Waals surface area contributed by atoms with Crippen molar-refractivity contribution in [3.05, 3.63) is 78.4 Å². The van der Waals surface area contributed by atoms with E-state index in [-0.39, 0.29) is 18.2 Å². The smallest absolute Gasteiger partial charge is 0.258 e. The van der Waals surface area contributed by atoms with Crippen molar-refractivity contribution >= 4 is 46.2 Å². The van der Waals surface area contributed by atoms with Crippen molar-refractivity contribution in [3.63, 3.8) is 0 Å². The lowest BCUT2D eigenvalue weighted by molar-refractivity contribution is -0.147. The second-order valence-corrected chi connectivity index (χ2v) is 13.4. The fraction of sp³-hybridized carbons (Fsp3) is 0.412. The molecule has 1 aliphatic heterocycles. The van der Waals surface area contributed by atoms with Gasteiger partial charge in [-0.05, 0) is 51.1 Å². The fourth-order valence-corrected chi connectivity index (χ4v) is 6.30. The molecule has 1 saturated heterocycles. The van der Waals surface area contributed by atoms with Gasteiger partial charge in [-0.15, -0.1) is 11.8 Å². The summed E-state index contributed by atoms with van der Waals surface area (Å²) < 4.78 is 5.74. The number of nitrogens with zero attached hydrogens (tertiary/aromatic N) is 1. The van der Waals surface area contributed by atoms with E-state index < -0.39 is 60.2 Å². The Hall–Kier alpha value is -4.13. The van der Waals surface area contributed by atoms with E-state index >= 15 is 0 Å². The Morgan fingerprint density at radius 1 is 0.957 bits per heavy atom. The lowest BCUT2D eigenvalue weighted by atomic mass is 9.99. The van der Waals surface area contributed by atoms with Crippen LogP contribution in [0.1, 0.15) is 33.3 Å². The molecule has 12 heteroatoms. The van der Waals surface area contributed by atoms with Gasteiger partial charge in [-0.2, -0.15) is 0 Å². The number of amides is 4. The average Bonchev–Trinajstić information content (AvgIpc) is 3.51. The predicted molar refractivity (Wildman–Crippen MR) is 177 cm³/mol. The molecule has 0 saturated carbocycles. The molecule has 11 nitrogen and oxygen atoms in total. The molecule has 4 rings (SSSR count). The average molecular weight is 651 g/mol. The molecule has 0 spiro atoms. The maximum Gasteiger partial charge on any atom is 0.258 e. The molecule has 5 atom stereocenters. The molecule has 1 heterocycles. The van der Waals surface area contributed by atoms with Gasteiger partial charge in [0.2, 0.25) is 11.8 Å². The molecule has 0 bridgehead atoms. The van der Waals surface area contributed by atoms with Crippen molar-refractivity contribution in [3.8, 4) is 5.75 Å². The summed E-state index contributed by atoms with van der Waals surface area (Å²) in [6.45, 7) is 6.46. The maximum atomic E-state index is 13.6. The molecule has 1 unspecified atom stereocenters. The summed E-state index contributed by atoms with van der Waals surface area (Å²) in [6.07, 6.45) is -2.95. The normalized spacial score (nSPS) is 17.4. The highest BCUT2D eigenvalue weighted by Gasteiger charge is 2.41. The third-order valence-corrected chi connectivity index (χ3v) is 8.43. The Morgan fingerprint density at radius 2 is 1.63 bits per heavy atom. The summed E-state index contributed by atoms with van der Waals surface area (Å²) in [5.74, 6) is -1.41. The van der Waals surface area contributed by atoms with Crippen LogP contribution in [0.4, 0.5) is 0 Å². The van der Waals surface area contributed by atoms with Crippen LogP contribution in [0.5, 0.6) is 5.75 Å². The second-order valence-electron chi connectivity index (χ2n) is 12.4. The largest absolute Gasteiger partial charge is 0.483 e. The molecule has 46 heavy (non-hydrogen) atoms. The Morgan fingerprint density at radius 3 is 2.33 bits per heavy atom. The number of thioether (sulfide) groups is 1. The van der Waals surface area contributed by atoms with E-state index in [9.17, 15) is 29.4 Å². The molecule has 246 valence electrons. The van der Waals surface area contributed by atoms with E-state index in [2.05, 4.69) is 16.0 Å². The molecule has 1 aliphatic rings. The van der Waals surface area contributed by atoms with Crippen LogP contribution in [-0.4, -0.2) is 92.9 Å². The SMILES string of the molecule is CC(O)[C@H](NC(=O)COc1cccc2ccccc12)C(=O)N[C@@H](Cc1ccccc1)[C@H](O)C(=O)N1CSC[C@H]1C(=O)NC(C)(C)C. The number of nitrogens with one attached hydrogen (secondary N) is 3. The summed E-state index contributed by atoms with van der Waals surface area (Å²) >= 11 is 1.39. The minimum atomic E-state index is -1.71. The number of fused-ring (bicyclic) bond motifs is 1. The Labute approximate surface area is 273 Å². The van der Waals surface area contributed by atoms with E-state index in [4.69, 9.17) is 4.74 Å². The summed E-state index contributed by atoms with van der Waals surface area (Å²) in [6, 6.07) is 18.7. The van der Waals surface area contributed by atoms with Gasteiger partial charge in [-0.3, -0.25) is 19.2 Å². The number of carbonyl (C=O) groups is 4. The van der Waals surface area contributed by atoms with Crippen LogP contribution in [0.15, 0.2) is 72.8 Å². The molecule has 5 N–H and O–H groups in total. The fourth-order valence-electron chi connectivity index (χ4n) is 5.14. The van der Waals surface area contributed by atoms with E-state index in [1.807, 2.05) is 57.2 Å². The van der Waals surface area contributed by atoms with Gasteiger partial charge in [0.05, 0.1) is 18.0 Å². The molecular formula is C34H42N4O7S. The number of hydrogen-bond acceptors (Lipinski definition) is 8. The summed E-state index contributed by atoms with van der Waals surface area (Å²) in [5, 5.41) is 31.7. The van der Waals surface area contributed by atoms with E-state index in [1.54, 1.807) is 36.4 Å². The number of ether oxygens (including phenoxy) is 1. The van der Waals surface area contributed by atoms with Crippen molar-refractivity contribution in [2.24, 2.45) is 0 Å². The van der Waals surface area contributed by atoms with Gasteiger partial charge >= 0.3 is 0 Å². The summed E-state index contributed by atoms with van der Waals surface area (Å²) in [7, 11) is 0. The van der Waals surface area contributed by atoms with Gasteiger partial charge in [-0.1, -0.05) is 66.7 Å². The molecule has 3 aromatic carbocycles. The van der Waals surface area contributed by atoms with E-state index in [0.29, 0.717) is 11.5 Å². The number of aliphatic hydroxyl groups is 2. The van der Waals surface area contributed by atoms with Gasteiger partial charge < -0.3 is 35.8 Å².